The first-order chi connectivity index (χ1) is 15.4. The number of carbonyl (C=O) groups excluding carboxylic acids is 1. The van der Waals surface area contributed by atoms with Crippen molar-refractivity contribution in [1.29, 1.82) is 0 Å². The Kier molecular flexibility index (Phi) is 6.26. The third-order valence-electron chi connectivity index (χ3n) is 5.19. The van der Waals surface area contributed by atoms with Crippen molar-refractivity contribution in [3.05, 3.63) is 41.7 Å². The second-order valence-electron chi connectivity index (χ2n) is 7.48. The lowest BCUT2D eigenvalue weighted by atomic mass is 10.1. The van der Waals surface area contributed by atoms with E-state index in [1.54, 1.807) is 54.1 Å². The number of rotatable bonds is 7. The summed E-state index contributed by atoms with van der Waals surface area (Å²) in [4.78, 5) is 17.4. The summed E-state index contributed by atoms with van der Waals surface area (Å²) in [5.41, 5.74) is 1.38. The molecule has 2 aliphatic heterocycles. The van der Waals surface area contributed by atoms with Crippen molar-refractivity contribution in [3.63, 3.8) is 0 Å². The van der Waals surface area contributed by atoms with Gasteiger partial charge in [0.15, 0.2) is 6.17 Å². The zero-order valence-electron chi connectivity index (χ0n) is 17.5. The van der Waals surface area contributed by atoms with Crippen LogP contribution in [0.1, 0.15) is 6.92 Å². The Balaban J connectivity index is 1.67. The lowest BCUT2D eigenvalue weighted by Gasteiger charge is -2.22. The quantitative estimate of drug-likeness (QED) is 0.580. The highest BCUT2D eigenvalue weighted by molar-refractivity contribution is 6.31. The summed E-state index contributed by atoms with van der Waals surface area (Å²) in [7, 11) is 1.53. The van der Waals surface area contributed by atoms with Crippen molar-refractivity contribution in [2.45, 2.75) is 31.8 Å². The van der Waals surface area contributed by atoms with Crippen molar-refractivity contribution in [2.75, 3.05) is 12.4 Å². The monoisotopic (exact) mass is 458 g/mol. The molecular formula is C21H23ClN6O4. The van der Waals surface area contributed by atoms with E-state index >= 15 is 0 Å². The van der Waals surface area contributed by atoms with E-state index < -0.39 is 24.3 Å². The molecule has 1 aromatic carbocycles. The number of aliphatic hydroxyl groups is 2. The average Bonchev–Trinajstić information content (AvgIpc) is 3.37. The number of amides is 1. The van der Waals surface area contributed by atoms with Gasteiger partial charge in [0.25, 0.3) is 0 Å². The molecule has 4 atom stereocenters. The van der Waals surface area contributed by atoms with Crippen molar-refractivity contribution >= 4 is 35.6 Å². The largest absolute Gasteiger partial charge is 0.496 e. The predicted molar refractivity (Wildman–Crippen MR) is 121 cm³/mol. The van der Waals surface area contributed by atoms with Crippen LogP contribution in [-0.2, 0) is 11.3 Å². The molecule has 0 radical (unpaired) electrons. The number of carbonyl (C=O) groups is 1. The van der Waals surface area contributed by atoms with E-state index in [4.69, 9.17) is 16.3 Å². The highest BCUT2D eigenvalue weighted by Gasteiger charge is 2.36. The van der Waals surface area contributed by atoms with Gasteiger partial charge in [-0.2, -0.15) is 10.2 Å². The molecule has 0 bridgehead atoms. The average molecular weight is 459 g/mol. The first-order valence-electron chi connectivity index (χ1n) is 9.98. The molecule has 0 fully saturated rings. The molecule has 4 rings (SSSR count). The fraction of sp³-hybridized carbons (Fsp3) is 0.333. The third-order valence-corrected chi connectivity index (χ3v) is 5.42. The Morgan fingerprint density at radius 1 is 1.38 bits per heavy atom. The number of hydrogen-bond acceptors (Lipinski definition) is 8. The number of benzene rings is 1. The number of hydrazone groups is 1. The van der Waals surface area contributed by atoms with Gasteiger partial charge in [0, 0.05) is 35.4 Å². The minimum atomic E-state index is -1.04. The first kappa shape index (κ1) is 22.0. The maximum absolute atomic E-state index is 13.1. The van der Waals surface area contributed by atoms with E-state index in [0.717, 1.165) is 0 Å². The van der Waals surface area contributed by atoms with Gasteiger partial charge in [-0.3, -0.25) is 14.5 Å². The third kappa shape index (κ3) is 4.38. The molecule has 32 heavy (non-hydrogen) atoms. The van der Waals surface area contributed by atoms with Crippen LogP contribution in [0.15, 0.2) is 46.8 Å². The summed E-state index contributed by atoms with van der Waals surface area (Å²) in [5, 5.41) is 33.5. The Bertz CT molecular complexity index is 1100. The Hall–Kier alpha value is -3.21. The Labute approximate surface area is 189 Å². The van der Waals surface area contributed by atoms with Gasteiger partial charge in [0.1, 0.15) is 17.4 Å². The lowest BCUT2D eigenvalue weighted by molar-refractivity contribution is -0.118. The smallest absolute Gasteiger partial charge is 0.237 e. The zero-order chi connectivity index (χ0) is 22.8. The molecule has 10 nitrogen and oxygen atoms in total. The standard InChI is InChI=1S/C21H23ClN6O4/c1-12(29)17(30)11-27-10-16(19(26-27)14-8-13(22)4-5-18(14)32-2)25-21(31)15-9-24-28-7-3-6-23-20(15)28/h3-10,12,15,17,20,29-30H,11H2,1-2H3,(H,25,31)/t12-,15?,17-,20?/m1/s1. The number of aliphatic imine (C=N–C) groups is 1. The van der Waals surface area contributed by atoms with Crippen molar-refractivity contribution in [1.82, 2.24) is 14.8 Å². The predicted octanol–water partition coefficient (Wildman–Crippen LogP) is 1.73. The zero-order valence-corrected chi connectivity index (χ0v) is 18.2. The highest BCUT2D eigenvalue weighted by Crippen LogP contribution is 2.36. The number of halogens is 1. The van der Waals surface area contributed by atoms with Crippen LogP contribution in [0.2, 0.25) is 5.02 Å². The molecule has 11 heteroatoms. The number of allylic oxidation sites excluding steroid dienone is 1. The molecular weight excluding hydrogens is 436 g/mol. The molecule has 2 aliphatic rings. The van der Waals surface area contributed by atoms with Crippen LogP contribution in [-0.4, -0.2) is 68.8 Å². The van der Waals surface area contributed by atoms with Gasteiger partial charge >= 0.3 is 0 Å². The van der Waals surface area contributed by atoms with E-state index in [2.05, 4.69) is 20.5 Å². The number of methoxy groups -OCH3 is 1. The van der Waals surface area contributed by atoms with E-state index in [9.17, 15) is 15.0 Å². The Morgan fingerprint density at radius 3 is 2.94 bits per heavy atom. The second kappa shape index (κ2) is 9.11. The molecule has 0 saturated heterocycles. The summed E-state index contributed by atoms with van der Waals surface area (Å²) in [6.07, 6.45) is 5.84. The Morgan fingerprint density at radius 2 is 2.19 bits per heavy atom. The number of aromatic nitrogens is 2. The van der Waals surface area contributed by atoms with Crippen LogP contribution in [0.25, 0.3) is 11.3 Å². The van der Waals surface area contributed by atoms with Gasteiger partial charge in [-0.1, -0.05) is 11.6 Å². The van der Waals surface area contributed by atoms with E-state index in [1.165, 1.54) is 18.7 Å². The summed E-state index contributed by atoms with van der Waals surface area (Å²) < 4.78 is 6.91. The molecule has 168 valence electrons. The van der Waals surface area contributed by atoms with Crippen LogP contribution >= 0.6 is 11.6 Å². The van der Waals surface area contributed by atoms with Crippen molar-refractivity contribution < 1.29 is 19.7 Å². The van der Waals surface area contributed by atoms with Crippen LogP contribution < -0.4 is 10.1 Å². The molecule has 0 spiro atoms. The maximum Gasteiger partial charge on any atom is 0.237 e. The number of fused-ring (bicyclic) bond motifs is 1. The van der Waals surface area contributed by atoms with E-state index in [0.29, 0.717) is 27.7 Å². The topological polar surface area (TPSA) is 125 Å². The normalized spacial score (nSPS) is 20.8. The fourth-order valence-electron chi connectivity index (χ4n) is 3.44. The van der Waals surface area contributed by atoms with Crippen LogP contribution in [0.3, 0.4) is 0 Å². The van der Waals surface area contributed by atoms with Crippen LogP contribution in [0.5, 0.6) is 5.75 Å². The van der Waals surface area contributed by atoms with E-state index in [-0.39, 0.29) is 12.5 Å². The molecule has 0 aliphatic carbocycles. The molecule has 0 saturated carbocycles. The second-order valence-corrected chi connectivity index (χ2v) is 7.92. The number of hydrogen-bond donors (Lipinski definition) is 3. The number of aliphatic hydroxyl groups excluding tert-OH is 2. The molecule has 3 heterocycles. The summed E-state index contributed by atoms with van der Waals surface area (Å²) in [6.45, 7) is 1.52. The summed E-state index contributed by atoms with van der Waals surface area (Å²) in [6, 6.07) is 5.08. The SMILES string of the molecule is COc1ccc(Cl)cc1-c1nn(C[C@@H](O)[C@@H](C)O)cc1NC(=O)C1C=NN2C=CC=NC12. The number of ether oxygens (including phenoxy) is 1. The number of anilines is 1. The summed E-state index contributed by atoms with van der Waals surface area (Å²) >= 11 is 6.20. The van der Waals surface area contributed by atoms with Gasteiger partial charge in [-0.15, -0.1) is 0 Å². The van der Waals surface area contributed by atoms with E-state index in [1.807, 2.05) is 0 Å². The minimum Gasteiger partial charge on any atom is -0.496 e. The molecule has 3 N–H and O–H groups in total. The van der Waals surface area contributed by atoms with Crippen LogP contribution in [0.4, 0.5) is 5.69 Å². The highest BCUT2D eigenvalue weighted by atomic mass is 35.5. The first-order valence-corrected chi connectivity index (χ1v) is 10.4. The summed E-state index contributed by atoms with van der Waals surface area (Å²) in [5.74, 6) is -0.398. The van der Waals surface area contributed by atoms with Crippen LogP contribution in [0, 0.1) is 5.92 Å². The van der Waals surface area contributed by atoms with Gasteiger partial charge < -0.3 is 20.3 Å². The van der Waals surface area contributed by atoms with Gasteiger partial charge in [-0.25, -0.2) is 5.01 Å². The molecule has 2 aromatic rings. The molecule has 2 unspecified atom stereocenters. The van der Waals surface area contributed by atoms with Gasteiger partial charge in [-0.05, 0) is 31.2 Å². The lowest BCUT2D eigenvalue weighted by Crippen LogP contribution is -2.36. The number of nitrogens with zero attached hydrogens (tertiary/aromatic N) is 5. The van der Waals surface area contributed by atoms with Crippen molar-refractivity contribution in [3.8, 4) is 17.0 Å². The van der Waals surface area contributed by atoms with Gasteiger partial charge in [0.05, 0.1) is 31.5 Å². The minimum absolute atomic E-state index is 0.0276. The fourth-order valence-corrected chi connectivity index (χ4v) is 3.62. The van der Waals surface area contributed by atoms with Crippen molar-refractivity contribution in [2.24, 2.45) is 16.0 Å². The molecule has 1 aromatic heterocycles. The molecule has 1 amide bonds. The van der Waals surface area contributed by atoms with Gasteiger partial charge in [0.2, 0.25) is 5.91 Å². The maximum atomic E-state index is 13.1. The number of nitrogens with one attached hydrogen (secondary N) is 1.